The third-order valence-electron chi connectivity index (χ3n) is 3.25. The van der Waals surface area contributed by atoms with Crippen LogP contribution in [-0.4, -0.2) is 55.3 Å². The van der Waals surface area contributed by atoms with Gasteiger partial charge in [-0.3, -0.25) is 0 Å². The van der Waals surface area contributed by atoms with Crippen LogP contribution in [0.15, 0.2) is 18.3 Å². The van der Waals surface area contributed by atoms with E-state index in [4.69, 9.17) is 4.74 Å². The molecule has 1 aliphatic rings. The Morgan fingerprint density at radius 1 is 1.41 bits per heavy atom. The Balaban J connectivity index is 2.05. The quantitative estimate of drug-likeness (QED) is 0.831. The fourth-order valence-electron chi connectivity index (χ4n) is 2.06. The van der Waals surface area contributed by atoms with Crippen molar-refractivity contribution >= 4 is 10.2 Å². The summed E-state index contributed by atoms with van der Waals surface area (Å²) in [6.07, 6.45) is -3.59. The van der Waals surface area contributed by atoms with Gasteiger partial charge in [0.2, 0.25) is 5.88 Å². The molecule has 1 fully saturated rings. The van der Waals surface area contributed by atoms with Crippen molar-refractivity contribution < 1.29 is 26.3 Å². The molecule has 0 aromatic carbocycles. The van der Waals surface area contributed by atoms with Gasteiger partial charge in [0.25, 0.3) is 10.2 Å². The summed E-state index contributed by atoms with van der Waals surface area (Å²) in [6.45, 7) is 0.336. The average Bonchev–Trinajstić information content (AvgIpc) is 2.87. The van der Waals surface area contributed by atoms with Gasteiger partial charge < -0.3 is 4.74 Å². The van der Waals surface area contributed by atoms with E-state index in [1.807, 2.05) is 0 Å². The molecule has 1 atom stereocenters. The Labute approximate surface area is 126 Å². The molecular weight excluding hydrogens is 323 g/mol. The van der Waals surface area contributed by atoms with Crippen molar-refractivity contribution in [3.63, 3.8) is 0 Å². The minimum atomic E-state index is -4.48. The Morgan fingerprint density at radius 3 is 2.68 bits per heavy atom. The minimum Gasteiger partial charge on any atom is -0.473 e. The summed E-state index contributed by atoms with van der Waals surface area (Å²) in [4.78, 5) is 3.74. The summed E-state index contributed by atoms with van der Waals surface area (Å²) in [5.74, 6) is -0.163. The van der Waals surface area contributed by atoms with Gasteiger partial charge in [-0.1, -0.05) is 0 Å². The van der Waals surface area contributed by atoms with Gasteiger partial charge in [0, 0.05) is 32.9 Å². The van der Waals surface area contributed by atoms with Crippen LogP contribution in [0.4, 0.5) is 13.2 Å². The number of hydrogen-bond donors (Lipinski definition) is 0. The fraction of sp³-hybridized carbons (Fsp3) is 0.583. The van der Waals surface area contributed by atoms with E-state index in [0.717, 1.165) is 22.6 Å². The van der Waals surface area contributed by atoms with Gasteiger partial charge in [0.05, 0.1) is 12.1 Å². The lowest BCUT2D eigenvalue weighted by Gasteiger charge is -2.20. The molecular formula is C12H16F3N3O3S. The second kappa shape index (κ2) is 6.01. The van der Waals surface area contributed by atoms with Crippen molar-refractivity contribution in [3.05, 3.63) is 23.9 Å². The Hall–Kier alpha value is -1.39. The number of rotatable bonds is 4. The summed E-state index contributed by atoms with van der Waals surface area (Å²) in [7, 11) is -0.718. The first-order chi connectivity index (χ1) is 10.1. The Bertz CT molecular complexity index is 634. The van der Waals surface area contributed by atoms with E-state index in [1.54, 1.807) is 0 Å². The molecule has 0 N–H and O–H groups in total. The zero-order valence-electron chi connectivity index (χ0n) is 12.0. The first-order valence-electron chi connectivity index (χ1n) is 6.48. The van der Waals surface area contributed by atoms with E-state index in [1.165, 1.54) is 18.4 Å². The van der Waals surface area contributed by atoms with Gasteiger partial charge in [0.15, 0.2) is 0 Å². The normalized spacial score (nSPS) is 20.5. The second-order valence-electron chi connectivity index (χ2n) is 5.06. The number of alkyl halides is 3. The molecule has 0 bridgehead atoms. The highest BCUT2D eigenvalue weighted by Gasteiger charge is 2.35. The molecule has 1 saturated heterocycles. The molecule has 2 rings (SSSR count). The third kappa shape index (κ3) is 3.68. The lowest BCUT2D eigenvalue weighted by molar-refractivity contribution is -0.137. The SMILES string of the molecule is CN(C)S(=O)(=O)N1CCC(Oc2cc(C(F)(F)F)ccn2)C1. The van der Waals surface area contributed by atoms with Crippen LogP contribution in [0.3, 0.4) is 0 Å². The largest absolute Gasteiger partial charge is 0.473 e. The average molecular weight is 339 g/mol. The van der Waals surface area contributed by atoms with E-state index in [2.05, 4.69) is 4.98 Å². The fourth-order valence-corrected chi connectivity index (χ4v) is 3.21. The standard InChI is InChI=1S/C12H16F3N3O3S/c1-17(2)22(19,20)18-6-4-10(8-18)21-11-7-9(3-5-16-11)12(13,14)15/h3,5,7,10H,4,6,8H2,1-2H3. The molecule has 10 heteroatoms. The Kier molecular flexibility index (Phi) is 4.64. The van der Waals surface area contributed by atoms with Crippen LogP contribution in [0.5, 0.6) is 5.88 Å². The smallest absolute Gasteiger partial charge is 0.416 e. The minimum absolute atomic E-state index is 0.0818. The maximum Gasteiger partial charge on any atom is 0.416 e. The van der Waals surface area contributed by atoms with Gasteiger partial charge >= 0.3 is 6.18 Å². The van der Waals surface area contributed by atoms with Crippen LogP contribution >= 0.6 is 0 Å². The third-order valence-corrected chi connectivity index (χ3v) is 5.15. The number of aromatic nitrogens is 1. The van der Waals surface area contributed by atoms with Crippen LogP contribution in [0.25, 0.3) is 0 Å². The molecule has 22 heavy (non-hydrogen) atoms. The molecule has 1 aliphatic heterocycles. The van der Waals surface area contributed by atoms with Crippen LogP contribution in [0, 0.1) is 0 Å². The molecule has 0 radical (unpaired) electrons. The number of hydrogen-bond acceptors (Lipinski definition) is 4. The van der Waals surface area contributed by atoms with Gasteiger partial charge in [-0.25, -0.2) is 4.98 Å². The van der Waals surface area contributed by atoms with Crippen LogP contribution in [0.1, 0.15) is 12.0 Å². The van der Waals surface area contributed by atoms with E-state index in [9.17, 15) is 21.6 Å². The van der Waals surface area contributed by atoms with Crippen molar-refractivity contribution in [2.75, 3.05) is 27.2 Å². The molecule has 0 spiro atoms. The number of halogens is 3. The zero-order chi connectivity index (χ0) is 16.5. The molecule has 1 unspecified atom stereocenters. The molecule has 124 valence electrons. The topological polar surface area (TPSA) is 62.7 Å². The van der Waals surface area contributed by atoms with Gasteiger partial charge in [-0.15, -0.1) is 0 Å². The highest BCUT2D eigenvalue weighted by atomic mass is 32.2. The summed E-state index contributed by atoms with van der Waals surface area (Å²) in [5.41, 5.74) is -0.853. The van der Waals surface area contributed by atoms with Crippen molar-refractivity contribution in [2.45, 2.75) is 18.7 Å². The molecule has 6 nitrogen and oxygen atoms in total. The van der Waals surface area contributed by atoms with Crippen LogP contribution in [-0.2, 0) is 16.4 Å². The summed E-state index contributed by atoms with van der Waals surface area (Å²) in [5, 5.41) is 0. The van der Waals surface area contributed by atoms with Gasteiger partial charge in [-0.2, -0.15) is 30.2 Å². The summed E-state index contributed by atoms with van der Waals surface area (Å²) < 4.78 is 69.4. The van der Waals surface area contributed by atoms with E-state index in [0.29, 0.717) is 6.42 Å². The molecule has 0 saturated carbocycles. The molecule has 0 aliphatic carbocycles. The lowest BCUT2D eigenvalue weighted by atomic mass is 10.2. The molecule has 1 aromatic rings. The number of ether oxygens (including phenoxy) is 1. The molecule has 1 aromatic heterocycles. The lowest BCUT2D eigenvalue weighted by Crippen LogP contribution is -2.39. The highest BCUT2D eigenvalue weighted by Crippen LogP contribution is 2.31. The van der Waals surface area contributed by atoms with Crippen LogP contribution < -0.4 is 4.74 Å². The summed E-state index contributed by atoms with van der Waals surface area (Å²) in [6, 6.07) is 1.66. The van der Waals surface area contributed by atoms with Gasteiger partial charge in [0.1, 0.15) is 6.10 Å². The maximum atomic E-state index is 12.6. The maximum absolute atomic E-state index is 12.6. The number of nitrogens with zero attached hydrogens (tertiary/aromatic N) is 3. The van der Waals surface area contributed by atoms with E-state index in [-0.39, 0.29) is 19.0 Å². The summed E-state index contributed by atoms with van der Waals surface area (Å²) >= 11 is 0. The molecule has 2 heterocycles. The second-order valence-corrected chi connectivity index (χ2v) is 7.20. The monoisotopic (exact) mass is 339 g/mol. The predicted octanol–water partition coefficient (Wildman–Crippen LogP) is 1.36. The highest BCUT2D eigenvalue weighted by molar-refractivity contribution is 7.86. The Morgan fingerprint density at radius 2 is 2.09 bits per heavy atom. The zero-order valence-corrected chi connectivity index (χ0v) is 12.9. The first kappa shape index (κ1) is 17.0. The van der Waals surface area contributed by atoms with Crippen molar-refractivity contribution in [3.8, 4) is 5.88 Å². The van der Waals surface area contributed by atoms with Crippen LogP contribution in [0.2, 0.25) is 0 Å². The van der Waals surface area contributed by atoms with E-state index >= 15 is 0 Å². The first-order valence-corrected chi connectivity index (χ1v) is 7.88. The van der Waals surface area contributed by atoms with Crippen molar-refractivity contribution in [1.82, 2.24) is 13.6 Å². The van der Waals surface area contributed by atoms with E-state index < -0.39 is 28.1 Å². The van der Waals surface area contributed by atoms with Crippen molar-refractivity contribution in [1.29, 1.82) is 0 Å². The van der Waals surface area contributed by atoms with Crippen molar-refractivity contribution in [2.24, 2.45) is 0 Å². The number of pyridine rings is 1. The van der Waals surface area contributed by atoms with Gasteiger partial charge in [-0.05, 0) is 12.5 Å². The predicted molar refractivity (Wildman–Crippen MR) is 72.5 cm³/mol. The molecule has 0 amide bonds.